The molecule has 2 N–H and O–H groups in total. The van der Waals surface area contributed by atoms with Crippen LogP contribution in [0.1, 0.15) is 33.1 Å². The summed E-state index contributed by atoms with van der Waals surface area (Å²) in [5, 5.41) is 0. The maximum atomic E-state index is 5.79. The zero-order chi connectivity index (χ0) is 9.03. The summed E-state index contributed by atoms with van der Waals surface area (Å²) < 4.78 is 5.42. The van der Waals surface area contributed by atoms with Gasteiger partial charge in [-0.1, -0.05) is 20.3 Å². The Bertz CT molecular complexity index is 130. The van der Waals surface area contributed by atoms with E-state index in [0.29, 0.717) is 5.41 Å². The van der Waals surface area contributed by atoms with Crippen molar-refractivity contribution >= 4 is 0 Å². The van der Waals surface area contributed by atoms with Crippen LogP contribution in [0.5, 0.6) is 0 Å². The average molecular weight is 171 g/mol. The van der Waals surface area contributed by atoms with Gasteiger partial charge in [-0.2, -0.15) is 0 Å². The summed E-state index contributed by atoms with van der Waals surface area (Å²) in [5.74, 6) is 0.787. The normalized spacial score (nSPS) is 32.2. The predicted octanol–water partition coefficient (Wildman–Crippen LogP) is 1.79. The van der Waals surface area contributed by atoms with Crippen molar-refractivity contribution in [2.45, 2.75) is 33.1 Å². The van der Waals surface area contributed by atoms with E-state index >= 15 is 0 Å². The number of hydrogen-bond acceptors (Lipinski definition) is 2. The molecule has 2 unspecified atom stereocenters. The van der Waals surface area contributed by atoms with Gasteiger partial charge in [-0.25, -0.2) is 0 Å². The summed E-state index contributed by atoms with van der Waals surface area (Å²) in [6.45, 7) is 7.12. The zero-order valence-corrected chi connectivity index (χ0v) is 8.31. The van der Waals surface area contributed by atoms with Gasteiger partial charge in [0.1, 0.15) is 0 Å². The highest BCUT2D eigenvalue weighted by molar-refractivity contribution is 4.85. The second-order valence-electron chi connectivity index (χ2n) is 4.22. The van der Waals surface area contributed by atoms with Crippen LogP contribution < -0.4 is 5.73 Å². The summed E-state index contributed by atoms with van der Waals surface area (Å²) in [6.07, 6.45) is 3.65. The van der Waals surface area contributed by atoms with Gasteiger partial charge in [0, 0.05) is 18.6 Å². The minimum absolute atomic E-state index is 0.315. The van der Waals surface area contributed by atoms with Crippen molar-refractivity contribution in [2.75, 3.05) is 19.8 Å². The molecule has 2 nitrogen and oxygen atoms in total. The fourth-order valence-corrected chi connectivity index (χ4v) is 1.94. The lowest BCUT2D eigenvalue weighted by atomic mass is 9.78. The van der Waals surface area contributed by atoms with E-state index in [4.69, 9.17) is 10.5 Å². The predicted molar refractivity (Wildman–Crippen MR) is 51.0 cm³/mol. The molecule has 0 aromatic rings. The molecular formula is C10H21NO. The van der Waals surface area contributed by atoms with Crippen molar-refractivity contribution in [3.8, 4) is 0 Å². The van der Waals surface area contributed by atoms with Gasteiger partial charge in [0.2, 0.25) is 0 Å². The third kappa shape index (κ3) is 2.20. The van der Waals surface area contributed by atoms with Crippen LogP contribution in [0.25, 0.3) is 0 Å². The monoisotopic (exact) mass is 171 g/mol. The minimum atomic E-state index is 0.315. The Morgan fingerprint density at radius 2 is 2.33 bits per heavy atom. The minimum Gasteiger partial charge on any atom is -0.381 e. The molecule has 0 amide bonds. The highest BCUT2D eigenvalue weighted by Crippen LogP contribution is 2.34. The fraction of sp³-hybridized carbons (Fsp3) is 1.00. The molecule has 0 bridgehead atoms. The van der Waals surface area contributed by atoms with Crippen molar-refractivity contribution in [3.05, 3.63) is 0 Å². The van der Waals surface area contributed by atoms with Gasteiger partial charge < -0.3 is 10.5 Å². The van der Waals surface area contributed by atoms with Crippen LogP contribution in [-0.2, 0) is 4.74 Å². The van der Waals surface area contributed by atoms with Gasteiger partial charge >= 0.3 is 0 Å². The molecule has 1 aliphatic heterocycles. The lowest BCUT2D eigenvalue weighted by molar-refractivity contribution is 0.138. The maximum Gasteiger partial charge on any atom is 0.0535 e. The van der Waals surface area contributed by atoms with Crippen molar-refractivity contribution in [1.82, 2.24) is 0 Å². The highest BCUT2D eigenvalue weighted by Gasteiger charge is 2.34. The highest BCUT2D eigenvalue weighted by atomic mass is 16.5. The Morgan fingerprint density at radius 3 is 2.75 bits per heavy atom. The van der Waals surface area contributed by atoms with Gasteiger partial charge in [-0.15, -0.1) is 0 Å². The van der Waals surface area contributed by atoms with Crippen LogP contribution in [0.4, 0.5) is 0 Å². The standard InChI is InChI=1S/C10H21NO/c1-3-9(2)6-10(7-11)4-5-12-8-10/h9H,3-8,11H2,1-2H3. The van der Waals surface area contributed by atoms with Crippen LogP contribution >= 0.6 is 0 Å². The topological polar surface area (TPSA) is 35.2 Å². The van der Waals surface area contributed by atoms with Gasteiger partial charge in [0.25, 0.3) is 0 Å². The Labute approximate surface area is 75.5 Å². The molecule has 0 spiro atoms. The summed E-state index contributed by atoms with van der Waals surface area (Å²) in [6, 6.07) is 0. The first-order chi connectivity index (χ1) is 5.72. The van der Waals surface area contributed by atoms with E-state index in [9.17, 15) is 0 Å². The van der Waals surface area contributed by atoms with Crippen molar-refractivity contribution in [3.63, 3.8) is 0 Å². The van der Waals surface area contributed by atoms with Crippen LogP contribution in [-0.4, -0.2) is 19.8 Å². The van der Waals surface area contributed by atoms with E-state index in [1.54, 1.807) is 0 Å². The lowest BCUT2D eigenvalue weighted by Gasteiger charge is -2.28. The van der Waals surface area contributed by atoms with Crippen molar-refractivity contribution < 1.29 is 4.74 Å². The molecule has 1 heterocycles. The molecule has 72 valence electrons. The van der Waals surface area contributed by atoms with Crippen LogP contribution in [0, 0.1) is 11.3 Å². The summed E-state index contributed by atoms with van der Waals surface area (Å²) >= 11 is 0. The molecule has 1 aliphatic rings. The van der Waals surface area contributed by atoms with Crippen LogP contribution in [0.3, 0.4) is 0 Å². The molecule has 1 fully saturated rings. The van der Waals surface area contributed by atoms with Gasteiger partial charge in [-0.3, -0.25) is 0 Å². The summed E-state index contributed by atoms with van der Waals surface area (Å²) in [4.78, 5) is 0. The Morgan fingerprint density at radius 1 is 1.58 bits per heavy atom. The van der Waals surface area contributed by atoms with Gasteiger partial charge in [0.05, 0.1) is 6.61 Å². The number of rotatable bonds is 4. The van der Waals surface area contributed by atoms with E-state index in [-0.39, 0.29) is 0 Å². The first kappa shape index (κ1) is 10.0. The molecule has 0 saturated carbocycles. The molecular weight excluding hydrogens is 150 g/mol. The second kappa shape index (κ2) is 4.24. The third-order valence-corrected chi connectivity index (χ3v) is 3.10. The Kier molecular flexibility index (Phi) is 3.53. The molecule has 2 heteroatoms. The van der Waals surface area contributed by atoms with Crippen molar-refractivity contribution in [2.24, 2.45) is 17.1 Å². The smallest absolute Gasteiger partial charge is 0.0535 e. The Balaban J connectivity index is 2.43. The summed E-state index contributed by atoms with van der Waals surface area (Å²) in [7, 11) is 0. The van der Waals surface area contributed by atoms with Crippen LogP contribution in [0.15, 0.2) is 0 Å². The van der Waals surface area contributed by atoms with E-state index in [2.05, 4.69) is 13.8 Å². The largest absolute Gasteiger partial charge is 0.381 e. The maximum absolute atomic E-state index is 5.79. The van der Waals surface area contributed by atoms with Crippen LogP contribution in [0.2, 0.25) is 0 Å². The molecule has 0 aromatic heterocycles. The molecule has 0 radical (unpaired) electrons. The lowest BCUT2D eigenvalue weighted by Crippen LogP contribution is -2.32. The van der Waals surface area contributed by atoms with E-state index < -0.39 is 0 Å². The van der Waals surface area contributed by atoms with Gasteiger partial charge in [-0.05, 0) is 18.8 Å². The SMILES string of the molecule is CCC(C)CC1(CN)CCOC1. The Hall–Kier alpha value is -0.0800. The van der Waals surface area contributed by atoms with E-state index in [0.717, 1.165) is 32.1 Å². The molecule has 1 saturated heterocycles. The average Bonchev–Trinajstić information content (AvgIpc) is 2.54. The second-order valence-corrected chi connectivity index (χ2v) is 4.22. The quantitative estimate of drug-likeness (QED) is 0.700. The van der Waals surface area contributed by atoms with Gasteiger partial charge in [0.15, 0.2) is 0 Å². The summed E-state index contributed by atoms with van der Waals surface area (Å²) in [5.41, 5.74) is 6.11. The first-order valence-corrected chi connectivity index (χ1v) is 5.00. The number of nitrogens with two attached hydrogens (primary N) is 1. The third-order valence-electron chi connectivity index (χ3n) is 3.10. The molecule has 12 heavy (non-hydrogen) atoms. The molecule has 1 rings (SSSR count). The molecule has 2 atom stereocenters. The fourth-order valence-electron chi connectivity index (χ4n) is 1.94. The number of hydrogen-bond donors (Lipinski definition) is 1. The molecule has 0 aromatic carbocycles. The van der Waals surface area contributed by atoms with E-state index in [1.807, 2.05) is 0 Å². The van der Waals surface area contributed by atoms with E-state index in [1.165, 1.54) is 12.8 Å². The van der Waals surface area contributed by atoms with Crippen molar-refractivity contribution in [1.29, 1.82) is 0 Å². The zero-order valence-electron chi connectivity index (χ0n) is 8.31. The first-order valence-electron chi connectivity index (χ1n) is 5.00. The number of ether oxygens (including phenoxy) is 1. The molecule has 0 aliphatic carbocycles.